The van der Waals surface area contributed by atoms with Crippen LogP contribution in [0.1, 0.15) is 25.3 Å². The van der Waals surface area contributed by atoms with Gasteiger partial charge in [0.2, 0.25) is 0 Å². The molecule has 0 aliphatic rings. The van der Waals surface area contributed by atoms with Gasteiger partial charge in [-0.25, -0.2) is 0 Å². The van der Waals surface area contributed by atoms with E-state index in [4.69, 9.17) is 9.47 Å². The van der Waals surface area contributed by atoms with E-state index in [1.165, 1.54) is 5.56 Å². The van der Waals surface area contributed by atoms with Gasteiger partial charge in [-0.3, -0.25) is 0 Å². The molecule has 1 atom stereocenters. The Hall–Kier alpha value is -1.02. The molecule has 0 aliphatic heterocycles. The fourth-order valence-electron chi connectivity index (χ4n) is 1.32. The Morgan fingerprint density at radius 2 is 1.86 bits per heavy atom. The van der Waals surface area contributed by atoms with Crippen LogP contribution in [0.15, 0.2) is 24.3 Å². The molecule has 0 spiro atoms. The molecule has 1 rings (SSSR count). The van der Waals surface area contributed by atoms with Crippen LogP contribution in [0.3, 0.4) is 0 Å². The highest BCUT2D eigenvalue weighted by molar-refractivity contribution is 5.29. The number of rotatable bonds is 5. The molecule has 1 aromatic carbocycles. The highest BCUT2D eigenvalue weighted by Crippen LogP contribution is 2.19. The number of methoxy groups -OCH3 is 1. The summed E-state index contributed by atoms with van der Waals surface area (Å²) in [4.78, 5) is 0. The first-order valence-electron chi connectivity index (χ1n) is 4.99. The Morgan fingerprint density at radius 1 is 1.21 bits per heavy atom. The predicted molar refractivity (Wildman–Crippen MR) is 57.9 cm³/mol. The van der Waals surface area contributed by atoms with Crippen molar-refractivity contribution in [2.45, 2.75) is 19.8 Å². The summed E-state index contributed by atoms with van der Waals surface area (Å²) in [5.74, 6) is 1.35. The fraction of sp³-hybridized carbons (Fsp3) is 0.500. The van der Waals surface area contributed by atoms with Gasteiger partial charge in [0.05, 0.1) is 13.7 Å². The molecule has 1 unspecified atom stereocenters. The second kappa shape index (κ2) is 5.66. The van der Waals surface area contributed by atoms with Gasteiger partial charge in [-0.2, -0.15) is 0 Å². The van der Waals surface area contributed by atoms with Gasteiger partial charge in [0, 0.05) is 12.5 Å². The summed E-state index contributed by atoms with van der Waals surface area (Å²) in [7, 11) is 1.68. The van der Waals surface area contributed by atoms with E-state index in [1.54, 1.807) is 7.11 Å². The quantitative estimate of drug-likeness (QED) is 0.717. The minimum Gasteiger partial charge on any atom is -0.497 e. The Labute approximate surface area is 85.8 Å². The van der Waals surface area contributed by atoms with Gasteiger partial charge >= 0.3 is 0 Å². The first-order valence-corrected chi connectivity index (χ1v) is 4.99. The van der Waals surface area contributed by atoms with Crippen molar-refractivity contribution in [3.05, 3.63) is 29.8 Å². The van der Waals surface area contributed by atoms with E-state index >= 15 is 0 Å². The maximum absolute atomic E-state index is 5.38. The fourth-order valence-corrected chi connectivity index (χ4v) is 1.32. The Kier molecular flexibility index (Phi) is 4.47. The summed E-state index contributed by atoms with van der Waals surface area (Å²) in [5.41, 5.74) is 1.29. The van der Waals surface area contributed by atoms with Gasteiger partial charge in [-0.05, 0) is 24.6 Å². The van der Waals surface area contributed by atoms with E-state index < -0.39 is 0 Å². The minimum atomic E-state index is 0.445. The second-order valence-corrected chi connectivity index (χ2v) is 3.33. The van der Waals surface area contributed by atoms with E-state index in [9.17, 15) is 0 Å². The molecule has 0 fully saturated rings. The summed E-state index contributed by atoms with van der Waals surface area (Å²) < 4.78 is 10.5. The van der Waals surface area contributed by atoms with Crippen molar-refractivity contribution in [3.8, 4) is 5.75 Å². The third-order valence-corrected chi connectivity index (χ3v) is 2.26. The summed E-state index contributed by atoms with van der Waals surface area (Å²) in [6.07, 6.45) is 0. The molecule has 0 N–H and O–H groups in total. The lowest BCUT2D eigenvalue weighted by molar-refractivity contribution is 0.136. The molecule has 0 saturated heterocycles. The summed E-state index contributed by atoms with van der Waals surface area (Å²) in [6.45, 7) is 5.74. The zero-order valence-electron chi connectivity index (χ0n) is 9.12. The lowest BCUT2D eigenvalue weighted by atomic mass is 10.0. The minimum absolute atomic E-state index is 0.445. The molecule has 0 bridgehead atoms. The smallest absolute Gasteiger partial charge is 0.118 e. The van der Waals surface area contributed by atoms with Crippen molar-refractivity contribution < 1.29 is 9.47 Å². The molecule has 14 heavy (non-hydrogen) atoms. The van der Waals surface area contributed by atoms with Crippen LogP contribution in [0.5, 0.6) is 5.75 Å². The van der Waals surface area contributed by atoms with Crippen molar-refractivity contribution in [2.75, 3.05) is 20.3 Å². The van der Waals surface area contributed by atoms with Gasteiger partial charge in [0.25, 0.3) is 0 Å². The standard InChI is InChI=1S/C12H18O2/c1-4-14-9-10(2)11-5-7-12(13-3)8-6-11/h5-8,10H,4,9H2,1-3H3. The topological polar surface area (TPSA) is 18.5 Å². The molecule has 1 aromatic rings. The summed E-state index contributed by atoms with van der Waals surface area (Å²) in [6, 6.07) is 8.14. The molecule has 2 heteroatoms. The molecule has 0 aromatic heterocycles. The van der Waals surface area contributed by atoms with Crippen LogP contribution >= 0.6 is 0 Å². The van der Waals surface area contributed by atoms with Gasteiger partial charge in [-0.15, -0.1) is 0 Å². The molecule has 2 nitrogen and oxygen atoms in total. The van der Waals surface area contributed by atoms with Crippen LogP contribution in [0, 0.1) is 0 Å². The molecule has 78 valence electrons. The second-order valence-electron chi connectivity index (χ2n) is 3.33. The molecular weight excluding hydrogens is 176 g/mol. The number of ether oxygens (including phenoxy) is 2. The average molecular weight is 194 g/mol. The number of benzene rings is 1. The molecule has 0 amide bonds. The largest absolute Gasteiger partial charge is 0.497 e. The molecule has 0 saturated carbocycles. The van der Waals surface area contributed by atoms with Crippen LogP contribution in [0.4, 0.5) is 0 Å². The van der Waals surface area contributed by atoms with Crippen LogP contribution in [0.2, 0.25) is 0 Å². The van der Waals surface area contributed by atoms with E-state index in [0.29, 0.717) is 5.92 Å². The van der Waals surface area contributed by atoms with E-state index in [1.807, 2.05) is 19.1 Å². The van der Waals surface area contributed by atoms with E-state index in [0.717, 1.165) is 19.0 Å². The molecule has 0 heterocycles. The van der Waals surface area contributed by atoms with Crippen molar-refractivity contribution in [1.29, 1.82) is 0 Å². The first kappa shape index (κ1) is 11.1. The van der Waals surface area contributed by atoms with Crippen LogP contribution in [-0.4, -0.2) is 20.3 Å². The predicted octanol–water partition coefficient (Wildman–Crippen LogP) is 2.84. The van der Waals surface area contributed by atoms with Crippen LogP contribution < -0.4 is 4.74 Å². The lowest BCUT2D eigenvalue weighted by Gasteiger charge is -2.11. The number of hydrogen-bond acceptors (Lipinski definition) is 2. The average Bonchev–Trinajstić information content (AvgIpc) is 2.26. The van der Waals surface area contributed by atoms with Gasteiger partial charge in [0.1, 0.15) is 5.75 Å². The Bertz CT molecular complexity index is 254. The third kappa shape index (κ3) is 3.04. The van der Waals surface area contributed by atoms with E-state index in [-0.39, 0.29) is 0 Å². The SMILES string of the molecule is CCOCC(C)c1ccc(OC)cc1. The van der Waals surface area contributed by atoms with Crippen molar-refractivity contribution >= 4 is 0 Å². The monoisotopic (exact) mass is 194 g/mol. The highest BCUT2D eigenvalue weighted by Gasteiger charge is 2.04. The maximum Gasteiger partial charge on any atom is 0.118 e. The van der Waals surface area contributed by atoms with Crippen molar-refractivity contribution in [2.24, 2.45) is 0 Å². The van der Waals surface area contributed by atoms with Gasteiger partial charge in [-0.1, -0.05) is 19.1 Å². The molecule has 0 radical (unpaired) electrons. The highest BCUT2D eigenvalue weighted by atomic mass is 16.5. The van der Waals surface area contributed by atoms with Crippen molar-refractivity contribution in [3.63, 3.8) is 0 Å². The number of hydrogen-bond donors (Lipinski definition) is 0. The lowest BCUT2D eigenvalue weighted by Crippen LogP contribution is -2.03. The Morgan fingerprint density at radius 3 is 2.36 bits per heavy atom. The van der Waals surface area contributed by atoms with Crippen LogP contribution in [0.25, 0.3) is 0 Å². The maximum atomic E-state index is 5.38. The van der Waals surface area contributed by atoms with Crippen LogP contribution in [-0.2, 0) is 4.74 Å². The zero-order chi connectivity index (χ0) is 10.4. The zero-order valence-corrected chi connectivity index (χ0v) is 9.12. The van der Waals surface area contributed by atoms with Gasteiger partial charge in [0.15, 0.2) is 0 Å². The summed E-state index contributed by atoms with van der Waals surface area (Å²) >= 11 is 0. The van der Waals surface area contributed by atoms with Crippen molar-refractivity contribution in [1.82, 2.24) is 0 Å². The van der Waals surface area contributed by atoms with Gasteiger partial charge < -0.3 is 9.47 Å². The summed E-state index contributed by atoms with van der Waals surface area (Å²) in [5, 5.41) is 0. The molecular formula is C12H18O2. The van der Waals surface area contributed by atoms with E-state index in [2.05, 4.69) is 19.1 Å². The first-order chi connectivity index (χ1) is 6.77. The third-order valence-electron chi connectivity index (χ3n) is 2.26. The Balaban J connectivity index is 2.57. The normalized spacial score (nSPS) is 12.5. The molecule has 0 aliphatic carbocycles.